The third-order valence-corrected chi connectivity index (χ3v) is 5.29. The van der Waals surface area contributed by atoms with Gasteiger partial charge in [-0.05, 0) is 24.3 Å². The molecule has 0 saturated heterocycles. The molecule has 0 radical (unpaired) electrons. The van der Waals surface area contributed by atoms with Crippen molar-refractivity contribution in [1.82, 2.24) is 15.3 Å². The maximum atomic E-state index is 4.94. The molecule has 0 aromatic carbocycles. The number of aromatic nitrogens is 2. The molecule has 104 valence electrons. The third-order valence-electron chi connectivity index (χ3n) is 4.42. The average Bonchev–Trinajstić information content (AvgIpc) is 2.90. The second kappa shape index (κ2) is 5.26. The molecule has 0 atom stereocenters. The summed E-state index contributed by atoms with van der Waals surface area (Å²) in [7, 11) is 0. The van der Waals surface area contributed by atoms with Crippen molar-refractivity contribution in [2.24, 2.45) is 0 Å². The molecule has 2 aromatic rings. The van der Waals surface area contributed by atoms with E-state index in [9.17, 15) is 0 Å². The summed E-state index contributed by atoms with van der Waals surface area (Å²) in [4.78, 5) is 11.1. The minimum atomic E-state index is 0.689. The highest BCUT2D eigenvalue weighted by molar-refractivity contribution is 7.09. The summed E-state index contributed by atoms with van der Waals surface area (Å²) in [6, 6.07) is 4.28. The first-order valence-corrected chi connectivity index (χ1v) is 8.40. The van der Waals surface area contributed by atoms with Crippen molar-refractivity contribution in [3.63, 3.8) is 0 Å². The van der Waals surface area contributed by atoms with Crippen molar-refractivity contribution in [1.29, 1.82) is 0 Å². The fraction of sp³-hybridized carbons (Fsp3) is 0.500. The molecule has 0 amide bonds. The van der Waals surface area contributed by atoms with Crippen LogP contribution < -0.4 is 5.32 Å². The molecule has 4 rings (SSSR count). The highest BCUT2D eigenvalue weighted by Gasteiger charge is 2.27. The molecule has 4 heteroatoms. The fourth-order valence-electron chi connectivity index (χ4n) is 3.09. The van der Waals surface area contributed by atoms with Gasteiger partial charge in [-0.1, -0.05) is 12.5 Å². The van der Waals surface area contributed by atoms with Crippen molar-refractivity contribution in [3.8, 4) is 0 Å². The maximum absolute atomic E-state index is 4.94. The van der Waals surface area contributed by atoms with E-state index in [1.54, 1.807) is 11.3 Å². The van der Waals surface area contributed by atoms with Crippen LogP contribution >= 0.6 is 11.3 Å². The minimum absolute atomic E-state index is 0.689. The molecule has 1 N–H and O–H groups in total. The Morgan fingerprint density at radius 2 is 2.25 bits per heavy atom. The zero-order chi connectivity index (χ0) is 13.4. The molecule has 0 bridgehead atoms. The molecule has 0 spiro atoms. The normalized spacial score (nSPS) is 18.6. The SMILES string of the molecule is c1csc(Cc2nc3c(c(C4CCC4)n2)CNCC3)c1. The topological polar surface area (TPSA) is 37.8 Å². The summed E-state index contributed by atoms with van der Waals surface area (Å²) in [5.41, 5.74) is 4.04. The van der Waals surface area contributed by atoms with Crippen LogP contribution in [0.15, 0.2) is 17.5 Å². The highest BCUT2D eigenvalue weighted by Crippen LogP contribution is 2.38. The van der Waals surface area contributed by atoms with Crippen LogP contribution in [-0.4, -0.2) is 16.5 Å². The maximum Gasteiger partial charge on any atom is 0.134 e. The highest BCUT2D eigenvalue weighted by atomic mass is 32.1. The number of fused-ring (bicyclic) bond motifs is 1. The molecule has 1 fully saturated rings. The molecular weight excluding hydrogens is 266 g/mol. The third kappa shape index (κ3) is 2.27. The number of nitrogens with zero attached hydrogens (tertiary/aromatic N) is 2. The summed E-state index contributed by atoms with van der Waals surface area (Å²) < 4.78 is 0. The molecule has 20 heavy (non-hydrogen) atoms. The molecular formula is C16H19N3S. The Kier molecular flexibility index (Phi) is 3.28. The lowest BCUT2D eigenvalue weighted by Gasteiger charge is -2.29. The van der Waals surface area contributed by atoms with Crippen molar-refractivity contribution >= 4 is 11.3 Å². The Morgan fingerprint density at radius 1 is 1.30 bits per heavy atom. The van der Waals surface area contributed by atoms with Gasteiger partial charge in [-0.15, -0.1) is 11.3 Å². The second-order valence-electron chi connectivity index (χ2n) is 5.76. The van der Waals surface area contributed by atoms with Gasteiger partial charge in [0.2, 0.25) is 0 Å². The van der Waals surface area contributed by atoms with E-state index < -0.39 is 0 Å². The van der Waals surface area contributed by atoms with Gasteiger partial charge in [-0.3, -0.25) is 0 Å². The fourth-order valence-corrected chi connectivity index (χ4v) is 3.79. The van der Waals surface area contributed by atoms with Crippen LogP contribution in [0.4, 0.5) is 0 Å². The van der Waals surface area contributed by atoms with E-state index in [4.69, 9.17) is 9.97 Å². The first-order valence-electron chi connectivity index (χ1n) is 7.52. The van der Waals surface area contributed by atoms with E-state index in [2.05, 4.69) is 22.8 Å². The number of hydrogen-bond donors (Lipinski definition) is 1. The van der Waals surface area contributed by atoms with E-state index in [-0.39, 0.29) is 0 Å². The summed E-state index contributed by atoms with van der Waals surface area (Å²) in [6.07, 6.45) is 5.91. The second-order valence-corrected chi connectivity index (χ2v) is 6.79. The molecule has 2 aliphatic rings. The van der Waals surface area contributed by atoms with E-state index in [1.807, 2.05) is 0 Å². The van der Waals surface area contributed by atoms with Crippen LogP contribution in [0.1, 0.15) is 52.8 Å². The molecule has 3 heterocycles. The Balaban J connectivity index is 1.72. The molecule has 1 saturated carbocycles. The van der Waals surface area contributed by atoms with Crippen LogP contribution in [0, 0.1) is 0 Å². The Morgan fingerprint density at radius 3 is 3.00 bits per heavy atom. The van der Waals surface area contributed by atoms with Crippen molar-refractivity contribution in [2.75, 3.05) is 6.54 Å². The summed E-state index contributed by atoms with van der Waals surface area (Å²) in [5, 5.41) is 5.60. The van der Waals surface area contributed by atoms with E-state index in [1.165, 1.54) is 41.1 Å². The number of hydrogen-bond acceptors (Lipinski definition) is 4. The first kappa shape index (κ1) is 12.5. The van der Waals surface area contributed by atoms with Gasteiger partial charge in [0, 0.05) is 42.3 Å². The van der Waals surface area contributed by atoms with Gasteiger partial charge in [0.05, 0.1) is 11.4 Å². The number of thiophene rings is 1. The molecule has 3 nitrogen and oxygen atoms in total. The van der Waals surface area contributed by atoms with Crippen molar-refractivity contribution in [3.05, 3.63) is 45.2 Å². The van der Waals surface area contributed by atoms with Crippen molar-refractivity contribution in [2.45, 2.75) is 44.6 Å². The lowest BCUT2D eigenvalue weighted by molar-refractivity contribution is 0.402. The largest absolute Gasteiger partial charge is 0.312 e. The number of nitrogens with one attached hydrogen (secondary N) is 1. The van der Waals surface area contributed by atoms with Gasteiger partial charge in [-0.25, -0.2) is 9.97 Å². The van der Waals surface area contributed by atoms with Gasteiger partial charge >= 0.3 is 0 Å². The molecule has 1 aliphatic carbocycles. The summed E-state index contributed by atoms with van der Waals surface area (Å²) in [6.45, 7) is 2.01. The van der Waals surface area contributed by atoms with Gasteiger partial charge in [0.25, 0.3) is 0 Å². The minimum Gasteiger partial charge on any atom is -0.312 e. The van der Waals surface area contributed by atoms with Crippen LogP contribution in [0.5, 0.6) is 0 Å². The van der Waals surface area contributed by atoms with Gasteiger partial charge in [0.1, 0.15) is 5.82 Å². The Hall–Kier alpha value is -1.26. The predicted octanol–water partition coefficient (Wildman–Crippen LogP) is 3.04. The molecule has 0 unspecified atom stereocenters. The zero-order valence-corrected chi connectivity index (χ0v) is 12.4. The Labute approximate surface area is 123 Å². The quantitative estimate of drug-likeness (QED) is 0.942. The van der Waals surface area contributed by atoms with E-state index in [0.29, 0.717) is 5.92 Å². The lowest BCUT2D eigenvalue weighted by atomic mass is 9.80. The zero-order valence-electron chi connectivity index (χ0n) is 11.6. The number of rotatable bonds is 3. The monoisotopic (exact) mass is 285 g/mol. The molecule has 2 aromatic heterocycles. The molecule has 1 aliphatic heterocycles. The van der Waals surface area contributed by atoms with E-state index in [0.717, 1.165) is 31.8 Å². The summed E-state index contributed by atoms with van der Waals surface area (Å²) >= 11 is 1.80. The first-order chi connectivity index (χ1) is 9.90. The predicted molar refractivity (Wildman–Crippen MR) is 81.2 cm³/mol. The Bertz CT molecular complexity index is 602. The van der Waals surface area contributed by atoms with Crippen LogP contribution in [0.25, 0.3) is 0 Å². The standard InChI is InChI=1S/C16H19N3S/c1-3-11(4-1)16-13-10-17-7-6-14(13)18-15(19-16)9-12-5-2-8-20-12/h2,5,8,11,17H,1,3-4,6-7,9-10H2. The summed E-state index contributed by atoms with van der Waals surface area (Å²) in [5.74, 6) is 1.71. The average molecular weight is 285 g/mol. The van der Waals surface area contributed by atoms with Crippen molar-refractivity contribution < 1.29 is 0 Å². The smallest absolute Gasteiger partial charge is 0.134 e. The van der Waals surface area contributed by atoms with Crippen LogP contribution in [0.3, 0.4) is 0 Å². The lowest BCUT2D eigenvalue weighted by Crippen LogP contribution is -2.29. The van der Waals surface area contributed by atoms with Gasteiger partial charge in [-0.2, -0.15) is 0 Å². The van der Waals surface area contributed by atoms with Crippen LogP contribution in [0.2, 0.25) is 0 Å². The van der Waals surface area contributed by atoms with Gasteiger partial charge < -0.3 is 5.32 Å². The van der Waals surface area contributed by atoms with Crippen LogP contribution in [-0.2, 0) is 19.4 Å². The van der Waals surface area contributed by atoms with Gasteiger partial charge in [0.15, 0.2) is 0 Å². The van der Waals surface area contributed by atoms with E-state index >= 15 is 0 Å².